The highest BCUT2D eigenvalue weighted by molar-refractivity contribution is 7.14. The molecule has 0 aliphatic heterocycles. The van der Waals surface area contributed by atoms with E-state index in [4.69, 9.17) is 0 Å². The van der Waals surface area contributed by atoms with E-state index in [1.54, 1.807) is 29.5 Å². The van der Waals surface area contributed by atoms with Gasteiger partial charge in [0.05, 0.1) is 23.9 Å². The van der Waals surface area contributed by atoms with Crippen LogP contribution in [-0.2, 0) is 0 Å². The maximum atomic E-state index is 12.6. The maximum Gasteiger partial charge on any atom is 0.276 e. The summed E-state index contributed by atoms with van der Waals surface area (Å²) in [6.45, 7) is 1.98. The number of thiazole rings is 1. The molecule has 0 aliphatic rings. The molecule has 0 aromatic carbocycles. The smallest absolute Gasteiger partial charge is 0.276 e. The van der Waals surface area contributed by atoms with Crippen molar-refractivity contribution in [3.8, 4) is 17.1 Å². The number of rotatable bonds is 4. The van der Waals surface area contributed by atoms with Crippen LogP contribution in [0, 0.1) is 6.92 Å². The fraction of sp³-hybridized carbons (Fsp3) is 0.0556. The van der Waals surface area contributed by atoms with Gasteiger partial charge in [-0.1, -0.05) is 6.07 Å². The molecule has 128 valence electrons. The predicted octanol–water partition coefficient (Wildman–Crippen LogP) is 3.35. The van der Waals surface area contributed by atoms with Crippen molar-refractivity contribution in [3.63, 3.8) is 0 Å². The molecule has 0 saturated heterocycles. The summed E-state index contributed by atoms with van der Waals surface area (Å²) in [5, 5.41) is 5.22. The van der Waals surface area contributed by atoms with Gasteiger partial charge in [-0.05, 0) is 30.7 Å². The van der Waals surface area contributed by atoms with Gasteiger partial charge in [0, 0.05) is 24.0 Å². The van der Waals surface area contributed by atoms with Crippen molar-refractivity contribution >= 4 is 22.4 Å². The minimum atomic E-state index is -0.280. The van der Waals surface area contributed by atoms with E-state index in [0.29, 0.717) is 10.8 Å². The molecule has 1 amide bonds. The number of imidazole rings is 1. The molecule has 0 bridgehead atoms. The average molecular weight is 362 g/mol. The summed E-state index contributed by atoms with van der Waals surface area (Å²) in [6.07, 6.45) is 8.17. The first-order chi connectivity index (χ1) is 12.7. The number of carbonyl (C=O) groups excluding carboxylic acids is 1. The Hall–Kier alpha value is -3.39. The van der Waals surface area contributed by atoms with Crippen LogP contribution in [0.5, 0.6) is 0 Å². The van der Waals surface area contributed by atoms with Crippen molar-refractivity contribution in [2.75, 3.05) is 5.32 Å². The van der Waals surface area contributed by atoms with Crippen LogP contribution in [0.2, 0.25) is 0 Å². The predicted molar refractivity (Wildman–Crippen MR) is 99.4 cm³/mol. The van der Waals surface area contributed by atoms with Gasteiger partial charge in [0.25, 0.3) is 5.91 Å². The first kappa shape index (κ1) is 16.1. The molecule has 4 aromatic rings. The van der Waals surface area contributed by atoms with Gasteiger partial charge in [0.2, 0.25) is 0 Å². The first-order valence-corrected chi connectivity index (χ1v) is 8.72. The third-order valence-corrected chi connectivity index (χ3v) is 4.55. The standard InChI is InChI=1S/C18H14N6OS/c1-12-3-2-6-21-16(12)14-10-26-18(22-14)23-17(25)15-9-20-11-24(15)13-4-7-19-8-5-13/h2-11H,1H3,(H,22,23,25). The molecule has 4 rings (SSSR count). The quantitative estimate of drug-likeness (QED) is 0.602. The topological polar surface area (TPSA) is 85.6 Å². The molecule has 0 unspecified atom stereocenters. The second-order valence-corrected chi connectivity index (χ2v) is 6.37. The second kappa shape index (κ2) is 6.85. The number of nitrogens with zero attached hydrogens (tertiary/aromatic N) is 5. The van der Waals surface area contributed by atoms with Crippen molar-refractivity contribution in [1.29, 1.82) is 0 Å². The van der Waals surface area contributed by atoms with Crippen LogP contribution >= 0.6 is 11.3 Å². The van der Waals surface area contributed by atoms with Gasteiger partial charge in [-0.3, -0.25) is 24.6 Å². The van der Waals surface area contributed by atoms with Crippen LogP contribution < -0.4 is 5.32 Å². The van der Waals surface area contributed by atoms with Crippen LogP contribution in [-0.4, -0.2) is 30.4 Å². The number of hydrogen-bond acceptors (Lipinski definition) is 6. The van der Waals surface area contributed by atoms with Crippen LogP contribution in [0.4, 0.5) is 5.13 Å². The summed E-state index contributed by atoms with van der Waals surface area (Å²) in [4.78, 5) is 29.5. The maximum absolute atomic E-state index is 12.6. The fourth-order valence-electron chi connectivity index (χ4n) is 2.53. The highest BCUT2D eigenvalue weighted by Crippen LogP contribution is 2.26. The minimum absolute atomic E-state index is 0.280. The van der Waals surface area contributed by atoms with E-state index >= 15 is 0 Å². The van der Waals surface area contributed by atoms with E-state index in [-0.39, 0.29) is 5.91 Å². The zero-order chi connectivity index (χ0) is 17.9. The Kier molecular flexibility index (Phi) is 4.24. The Morgan fingerprint density at radius 1 is 1.15 bits per heavy atom. The Morgan fingerprint density at radius 2 is 2.00 bits per heavy atom. The fourth-order valence-corrected chi connectivity index (χ4v) is 3.22. The SMILES string of the molecule is Cc1cccnc1-c1csc(NC(=O)c2cncn2-c2ccncc2)n1. The summed E-state index contributed by atoms with van der Waals surface area (Å²) in [6, 6.07) is 7.48. The molecule has 0 atom stereocenters. The number of pyridine rings is 2. The zero-order valence-corrected chi connectivity index (χ0v) is 14.6. The van der Waals surface area contributed by atoms with E-state index < -0.39 is 0 Å². The second-order valence-electron chi connectivity index (χ2n) is 5.52. The lowest BCUT2D eigenvalue weighted by atomic mass is 10.2. The van der Waals surface area contributed by atoms with E-state index in [2.05, 4.69) is 25.3 Å². The van der Waals surface area contributed by atoms with Crippen molar-refractivity contribution < 1.29 is 4.79 Å². The molecule has 4 heterocycles. The molecule has 0 radical (unpaired) electrons. The van der Waals surface area contributed by atoms with Gasteiger partial charge in [0.1, 0.15) is 11.4 Å². The van der Waals surface area contributed by atoms with Crippen molar-refractivity contribution in [2.24, 2.45) is 0 Å². The lowest BCUT2D eigenvalue weighted by Gasteiger charge is -2.07. The average Bonchev–Trinajstić information content (AvgIpc) is 3.32. The number of aryl methyl sites for hydroxylation is 1. The van der Waals surface area contributed by atoms with Crippen LogP contribution in [0.25, 0.3) is 17.1 Å². The minimum Gasteiger partial charge on any atom is -0.296 e. The highest BCUT2D eigenvalue weighted by Gasteiger charge is 2.16. The van der Waals surface area contributed by atoms with Crippen molar-refractivity contribution in [2.45, 2.75) is 6.92 Å². The number of hydrogen-bond donors (Lipinski definition) is 1. The zero-order valence-electron chi connectivity index (χ0n) is 13.8. The van der Waals surface area contributed by atoms with E-state index in [1.165, 1.54) is 17.5 Å². The Morgan fingerprint density at radius 3 is 2.81 bits per heavy atom. The Balaban J connectivity index is 1.57. The summed E-state index contributed by atoms with van der Waals surface area (Å²) >= 11 is 1.36. The molecular formula is C18H14N6OS. The molecule has 0 aliphatic carbocycles. The van der Waals surface area contributed by atoms with Gasteiger partial charge in [0.15, 0.2) is 5.13 Å². The van der Waals surface area contributed by atoms with Crippen LogP contribution in [0.15, 0.2) is 60.8 Å². The number of amides is 1. The number of nitrogens with one attached hydrogen (secondary N) is 1. The largest absolute Gasteiger partial charge is 0.296 e. The summed E-state index contributed by atoms with van der Waals surface area (Å²) in [7, 11) is 0. The number of anilines is 1. The van der Waals surface area contributed by atoms with Gasteiger partial charge < -0.3 is 0 Å². The molecule has 0 spiro atoms. The van der Waals surface area contributed by atoms with Crippen molar-refractivity contribution in [3.05, 3.63) is 72.0 Å². The van der Waals surface area contributed by atoms with E-state index in [9.17, 15) is 4.79 Å². The molecule has 0 fully saturated rings. The van der Waals surface area contributed by atoms with Gasteiger partial charge in [-0.15, -0.1) is 11.3 Å². The highest BCUT2D eigenvalue weighted by atomic mass is 32.1. The molecule has 26 heavy (non-hydrogen) atoms. The van der Waals surface area contributed by atoms with Crippen molar-refractivity contribution in [1.82, 2.24) is 24.5 Å². The summed E-state index contributed by atoms with van der Waals surface area (Å²) in [5.41, 5.74) is 3.82. The molecule has 1 N–H and O–H groups in total. The molecule has 0 saturated carbocycles. The van der Waals surface area contributed by atoms with Gasteiger partial charge in [-0.2, -0.15) is 0 Å². The van der Waals surface area contributed by atoms with E-state index in [0.717, 1.165) is 22.6 Å². The monoisotopic (exact) mass is 362 g/mol. The third-order valence-electron chi connectivity index (χ3n) is 3.79. The van der Waals surface area contributed by atoms with Crippen LogP contribution in [0.1, 0.15) is 16.1 Å². The molecular weight excluding hydrogens is 348 g/mol. The number of aromatic nitrogens is 5. The third kappa shape index (κ3) is 3.09. The van der Waals surface area contributed by atoms with E-state index in [1.807, 2.05) is 36.6 Å². The lowest BCUT2D eigenvalue weighted by Crippen LogP contribution is -2.16. The number of carbonyl (C=O) groups is 1. The molecule has 7 nitrogen and oxygen atoms in total. The normalized spacial score (nSPS) is 10.7. The Bertz CT molecular complexity index is 1060. The van der Waals surface area contributed by atoms with Gasteiger partial charge >= 0.3 is 0 Å². The molecule has 8 heteroatoms. The summed E-state index contributed by atoms with van der Waals surface area (Å²) < 4.78 is 1.70. The Labute approximate surface area is 153 Å². The summed E-state index contributed by atoms with van der Waals surface area (Å²) in [5.74, 6) is -0.280. The van der Waals surface area contributed by atoms with Gasteiger partial charge in [-0.25, -0.2) is 9.97 Å². The van der Waals surface area contributed by atoms with Crippen LogP contribution in [0.3, 0.4) is 0 Å². The first-order valence-electron chi connectivity index (χ1n) is 7.84. The lowest BCUT2D eigenvalue weighted by molar-refractivity contribution is 0.102. The molecule has 4 aromatic heterocycles.